The van der Waals surface area contributed by atoms with Gasteiger partial charge in [0.1, 0.15) is 12.1 Å². The van der Waals surface area contributed by atoms with Gasteiger partial charge in [-0.15, -0.1) is 0 Å². The fourth-order valence-electron chi connectivity index (χ4n) is 0.816. The van der Waals surface area contributed by atoms with Gasteiger partial charge in [0, 0.05) is 12.6 Å². The minimum Gasteiger partial charge on any atom is -0.413 e. The van der Waals surface area contributed by atoms with Crippen molar-refractivity contribution in [1.29, 1.82) is 5.41 Å². The Labute approximate surface area is 90.2 Å². The molecule has 0 aliphatic carbocycles. The molecule has 0 heterocycles. The molecule has 0 aromatic heterocycles. The van der Waals surface area contributed by atoms with Crippen LogP contribution in [0.3, 0.4) is 0 Å². The number of hydroxylamine groups is 1. The van der Waals surface area contributed by atoms with Crippen LogP contribution in [-0.4, -0.2) is 18.6 Å². The van der Waals surface area contributed by atoms with Crippen molar-refractivity contribution in [3.63, 3.8) is 0 Å². The van der Waals surface area contributed by atoms with Gasteiger partial charge in [-0.3, -0.25) is 5.41 Å². The predicted molar refractivity (Wildman–Crippen MR) is 62.7 cm³/mol. The highest BCUT2D eigenvalue weighted by atomic mass is 16.6. The van der Waals surface area contributed by atoms with E-state index in [1.165, 1.54) is 6.20 Å². The average Bonchev–Trinajstić information content (AvgIpc) is 2.24. The van der Waals surface area contributed by atoms with Crippen molar-refractivity contribution >= 4 is 12.1 Å². The predicted octanol–water partition coefficient (Wildman–Crippen LogP) is 1.34. The molecule has 0 aliphatic rings. The number of hydrogen-bond donors (Lipinski definition) is 3. The highest BCUT2D eigenvalue weighted by Gasteiger charge is 1.99. The summed E-state index contributed by atoms with van der Waals surface area (Å²) >= 11 is 0. The minimum atomic E-state index is 0.614. The second-order valence-electron chi connectivity index (χ2n) is 2.85. The molecule has 0 aromatic rings. The maximum absolute atomic E-state index is 6.92. The van der Waals surface area contributed by atoms with E-state index >= 15 is 0 Å². The maximum Gasteiger partial charge on any atom is 0.123 e. The first-order valence-corrected chi connectivity index (χ1v) is 4.69. The first-order chi connectivity index (χ1) is 7.15. The first kappa shape index (κ1) is 13.4. The number of hydrogen-bond acceptors (Lipinski definition) is 4. The number of allylic oxidation sites excluding steroid dienone is 3. The molecule has 5 nitrogen and oxygen atoms in total. The zero-order valence-corrected chi connectivity index (χ0v) is 9.37. The Morgan fingerprint density at radius 1 is 1.53 bits per heavy atom. The standard InChI is InChI=1S/C10H18N4O/c1-4-14-15-9(3)5-10(13-7-12)8(2)6-11/h5-7,12,14H,4,11H2,1-3H3/b8-6+,9-5+,12-7?,13-10-. The number of nitrogens with two attached hydrogens (primary N) is 1. The van der Waals surface area contributed by atoms with E-state index in [4.69, 9.17) is 16.0 Å². The number of rotatable bonds is 6. The summed E-state index contributed by atoms with van der Waals surface area (Å²) in [5.74, 6) is 0.665. The number of aliphatic imine (C=N–C) groups is 1. The van der Waals surface area contributed by atoms with Gasteiger partial charge < -0.3 is 10.6 Å². The van der Waals surface area contributed by atoms with Crippen molar-refractivity contribution in [3.05, 3.63) is 23.6 Å². The van der Waals surface area contributed by atoms with Crippen LogP contribution >= 0.6 is 0 Å². The average molecular weight is 210 g/mol. The molecule has 0 rings (SSSR count). The van der Waals surface area contributed by atoms with E-state index in [2.05, 4.69) is 10.5 Å². The zero-order valence-electron chi connectivity index (χ0n) is 9.37. The fraction of sp³-hybridized carbons (Fsp3) is 0.400. The monoisotopic (exact) mass is 210 g/mol. The van der Waals surface area contributed by atoms with Crippen LogP contribution in [0.25, 0.3) is 0 Å². The summed E-state index contributed by atoms with van der Waals surface area (Å²) in [5.41, 5.74) is 9.50. The smallest absolute Gasteiger partial charge is 0.123 e. The molecule has 0 aromatic carbocycles. The summed E-state index contributed by atoms with van der Waals surface area (Å²) < 4.78 is 0. The Bertz CT molecular complexity index is 292. The lowest BCUT2D eigenvalue weighted by Gasteiger charge is -2.05. The second-order valence-corrected chi connectivity index (χ2v) is 2.85. The van der Waals surface area contributed by atoms with Gasteiger partial charge in [0.15, 0.2) is 0 Å². The molecule has 0 saturated carbocycles. The van der Waals surface area contributed by atoms with Crippen molar-refractivity contribution in [3.8, 4) is 0 Å². The lowest BCUT2D eigenvalue weighted by molar-refractivity contribution is 0.112. The summed E-state index contributed by atoms with van der Waals surface area (Å²) in [6.45, 7) is 6.27. The highest BCUT2D eigenvalue weighted by Crippen LogP contribution is 2.01. The fourth-order valence-corrected chi connectivity index (χ4v) is 0.816. The van der Waals surface area contributed by atoms with Crippen LogP contribution in [-0.2, 0) is 4.84 Å². The van der Waals surface area contributed by atoms with Crippen LogP contribution in [0.5, 0.6) is 0 Å². The third kappa shape index (κ3) is 5.64. The molecule has 0 saturated heterocycles. The topological polar surface area (TPSA) is 83.5 Å². The molecule has 0 spiro atoms. The van der Waals surface area contributed by atoms with E-state index in [1.807, 2.05) is 13.8 Å². The lowest BCUT2D eigenvalue weighted by atomic mass is 10.2. The van der Waals surface area contributed by atoms with Crippen LogP contribution in [0.2, 0.25) is 0 Å². The molecule has 4 N–H and O–H groups in total. The Kier molecular flexibility index (Phi) is 6.92. The molecular formula is C10H18N4O. The van der Waals surface area contributed by atoms with Crippen molar-refractivity contribution < 1.29 is 4.84 Å². The number of nitrogens with one attached hydrogen (secondary N) is 2. The van der Waals surface area contributed by atoms with Crippen molar-refractivity contribution in [2.45, 2.75) is 20.8 Å². The van der Waals surface area contributed by atoms with Crippen molar-refractivity contribution in [1.82, 2.24) is 5.48 Å². The van der Waals surface area contributed by atoms with Crippen LogP contribution < -0.4 is 11.2 Å². The van der Waals surface area contributed by atoms with Crippen LogP contribution in [0.15, 0.2) is 28.6 Å². The van der Waals surface area contributed by atoms with E-state index in [1.54, 1.807) is 13.0 Å². The quantitative estimate of drug-likeness (QED) is 0.268. The van der Waals surface area contributed by atoms with Gasteiger partial charge in [0.25, 0.3) is 0 Å². The molecule has 15 heavy (non-hydrogen) atoms. The second kappa shape index (κ2) is 7.75. The Morgan fingerprint density at radius 3 is 2.67 bits per heavy atom. The Morgan fingerprint density at radius 2 is 2.20 bits per heavy atom. The molecular weight excluding hydrogens is 192 g/mol. The van der Waals surface area contributed by atoms with Crippen molar-refractivity contribution in [2.24, 2.45) is 10.7 Å². The van der Waals surface area contributed by atoms with Gasteiger partial charge in [0.05, 0.1) is 5.71 Å². The first-order valence-electron chi connectivity index (χ1n) is 4.69. The normalized spacial score (nSPS) is 13.9. The highest BCUT2D eigenvalue weighted by molar-refractivity contribution is 6.10. The molecule has 0 unspecified atom stereocenters. The maximum atomic E-state index is 6.92. The van der Waals surface area contributed by atoms with Gasteiger partial charge in [-0.05, 0) is 32.5 Å². The summed E-state index contributed by atoms with van der Waals surface area (Å²) in [6, 6.07) is 0. The SMILES string of the molecule is CCNO/C(C)=C/C(=N/C=N)C(/C)=C/N. The molecule has 0 radical (unpaired) electrons. The van der Waals surface area contributed by atoms with Crippen LogP contribution in [0.4, 0.5) is 0 Å². The molecule has 0 aliphatic heterocycles. The third-order valence-corrected chi connectivity index (χ3v) is 1.58. The summed E-state index contributed by atoms with van der Waals surface area (Å²) in [7, 11) is 0. The van der Waals surface area contributed by atoms with E-state index in [-0.39, 0.29) is 0 Å². The molecule has 0 atom stereocenters. The zero-order chi connectivity index (χ0) is 11.7. The summed E-state index contributed by atoms with van der Waals surface area (Å²) in [6.07, 6.45) is 4.13. The van der Waals surface area contributed by atoms with E-state index in [9.17, 15) is 0 Å². The van der Waals surface area contributed by atoms with Gasteiger partial charge in [-0.2, -0.15) is 5.48 Å². The van der Waals surface area contributed by atoms with E-state index in [0.29, 0.717) is 18.0 Å². The molecule has 0 amide bonds. The van der Waals surface area contributed by atoms with Gasteiger partial charge in [-0.25, -0.2) is 4.99 Å². The summed E-state index contributed by atoms with van der Waals surface area (Å²) in [4.78, 5) is 9.02. The van der Waals surface area contributed by atoms with Crippen molar-refractivity contribution in [2.75, 3.05) is 6.54 Å². The lowest BCUT2D eigenvalue weighted by Crippen LogP contribution is -2.13. The number of nitrogens with zero attached hydrogens (tertiary/aromatic N) is 1. The van der Waals surface area contributed by atoms with Crippen LogP contribution in [0.1, 0.15) is 20.8 Å². The molecule has 0 fully saturated rings. The van der Waals surface area contributed by atoms with E-state index in [0.717, 1.165) is 11.9 Å². The molecule has 5 heteroatoms. The summed E-state index contributed by atoms with van der Waals surface area (Å²) in [5, 5.41) is 6.92. The van der Waals surface area contributed by atoms with Crippen LogP contribution in [0, 0.1) is 5.41 Å². The minimum absolute atomic E-state index is 0.614. The van der Waals surface area contributed by atoms with Gasteiger partial charge >= 0.3 is 0 Å². The Hall–Kier alpha value is -1.62. The molecule has 84 valence electrons. The van der Waals surface area contributed by atoms with Gasteiger partial charge in [0.2, 0.25) is 0 Å². The van der Waals surface area contributed by atoms with Gasteiger partial charge in [-0.1, -0.05) is 0 Å². The molecule has 0 bridgehead atoms. The van der Waals surface area contributed by atoms with E-state index < -0.39 is 0 Å². The largest absolute Gasteiger partial charge is 0.413 e. The third-order valence-electron chi connectivity index (χ3n) is 1.58. The Balaban J connectivity index is 4.67.